The fourth-order valence-electron chi connectivity index (χ4n) is 1.18. The van der Waals surface area contributed by atoms with Crippen LogP contribution < -0.4 is 10.6 Å². The van der Waals surface area contributed by atoms with E-state index < -0.39 is 0 Å². The average Bonchev–Trinajstić information content (AvgIpc) is 2.82. The molecule has 1 saturated carbocycles. The van der Waals surface area contributed by atoms with Crippen LogP contribution in [-0.4, -0.2) is 27.3 Å². The molecule has 76 valence electrons. The van der Waals surface area contributed by atoms with E-state index in [2.05, 4.69) is 15.6 Å². The summed E-state index contributed by atoms with van der Waals surface area (Å²) < 4.78 is 2.02. The third-order valence-corrected chi connectivity index (χ3v) is 2.39. The summed E-state index contributed by atoms with van der Waals surface area (Å²) in [6.45, 7) is 1.74. The first-order valence-corrected chi connectivity index (χ1v) is 5.25. The van der Waals surface area contributed by atoms with Crippen molar-refractivity contribution >= 4 is 17.3 Å². The molecule has 1 aliphatic rings. The van der Waals surface area contributed by atoms with E-state index in [1.165, 1.54) is 12.8 Å². The van der Waals surface area contributed by atoms with Crippen molar-refractivity contribution < 1.29 is 0 Å². The Morgan fingerprint density at radius 3 is 3.07 bits per heavy atom. The summed E-state index contributed by atoms with van der Waals surface area (Å²) >= 11 is 5.12. The molecule has 0 spiro atoms. The molecule has 4 nitrogen and oxygen atoms in total. The number of rotatable bonds is 4. The van der Waals surface area contributed by atoms with Gasteiger partial charge in [0.05, 0.1) is 6.33 Å². The first kappa shape index (κ1) is 9.45. The van der Waals surface area contributed by atoms with Crippen molar-refractivity contribution in [3.8, 4) is 0 Å². The second-order valence-electron chi connectivity index (χ2n) is 3.48. The molecular weight excluding hydrogens is 196 g/mol. The van der Waals surface area contributed by atoms with Gasteiger partial charge in [-0.1, -0.05) is 0 Å². The van der Waals surface area contributed by atoms with E-state index in [1.807, 2.05) is 10.8 Å². The molecule has 1 aromatic rings. The van der Waals surface area contributed by atoms with Gasteiger partial charge in [-0.05, 0) is 25.1 Å². The molecule has 1 fully saturated rings. The molecule has 0 unspecified atom stereocenters. The Balaban J connectivity index is 1.60. The fourth-order valence-corrected chi connectivity index (χ4v) is 1.45. The minimum absolute atomic E-state index is 0.628. The van der Waals surface area contributed by atoms with Gasteiger partial charge in [-0.2, -0.15) is 0 Å². The van der Waals surface area contributed by atoms with Gasteiger partial charge in [0, 0.05) is 31.5 Å². The first-order chi connectivity index (χ1) is 6.84. The average molecular weight is 210 g/mol. The molecule has 0 aromatic carbocycles. The summed E-state index contributed by atoms with van der Waals surface area (Å²) in [6.07, 6.45) is 8.03. The number of nitrogens with one attached hydrogen (secondary N) is 2. The van der Waals surface area contributed by atoms with Crippen molar-refractivity contribution in [2.75, 3.05) is 6.54 Å². The van der Waals surface area contributed by atoms with Crippen LogP contribution in [0.2, 0.25) is 0 Å². The normalized spacial score (nSPS) is 15.1. The van der Waals surface area contributed by atoms with Crippen molar-refractivity contribution in [1.29, 1.82) is 0 Å². The van der Waals surface area contributed by atoms with Crippen molar-refractivity contribution in [2.45, 2.75) is 25.4 Å². The van der Waals surface area contributed by atoms with Crippen LogP contribution in [0.1, 0.15) is 12.8 Å². The number of thiocarbonyl (C=S) groups is 1. The highest BCUT2D eigenvalue weighted by Gasteiger charge is 2.21. The van der Waals surface area contributed by atoms with Crippen LogP contribution in [-0.2, 0) is 6.54 Å². The SMILES string of the molecule is S=C(NCCn1ccnc1)NC1CC1. The minimum Gasteiger partial charge on any atom is -0.361 e. The van der Waals surface area contributed by atoms with Crippen LogP contribution in [0.15, 0.2) is 18.7 Å². The van der Waals surface area contributed by atoms with E-state index in [0.717, 1.165) is 18.2 Å². The second kappa shape index (κ2) is 4.41. The quantitative estimate of drug-likeness (QED) is 0.711. The van der Waals surface area contributed by atoms with E-state index in [0.29, 0.717) is 6.04 Å². The summed E-state index contributed by atoms with van der Waals surface area (Å²) in [4.78, 5) is 3.97. The van der Waals surface area contributed by atoms with Crippen LogP contribution in [0, 0.1) is 0 Å². The van der Waals surface area contributed by atoms with Crippen LogP contribution in [0.25, 0.3) is 0 Å². The molecule has 1 heterocycles. The van der Waals surface area contributed by atoms with E-state index in [4.69, 9.17) is 12.2 Å². The second-order valence-corrected chi connectivity index (χ2v) is 3.88. The molecule has 0 radical (unpaired) electrons. The predicted octanol–water partition coefficient (Wildman–Crippen LogP) is 0.510. The maximum atomic E-state index is 5.12. The van der Waals surface area contributed by atoms with Gasteiger partial charge >= 0.3 is 0 Å². The summed E-state index contributed by atoms with van der Waals surface area (Å²) in [5, 5.41) is 7.16. The standard InChI is InChI=1S/C9H14N4S/c14-9(12-8-1-2-8)11-4-6-13-5-3-10-7-13/h3,5,7-8H,1-2,4,6H2,(H2,11,12,14). The van der Waals surface area contributed by atoms with E-state index in [-0.39, 0.29) is 0 Å². The predicted molar refractivity (Wildman–Crippen MR) is 59.0 cm³/mol. The van der Waals surface area contributed by atoms with Gasteiger partial charge in [0.1, 0.15) is 0 Å². The molecule has 0 amide bonds. The summed E-state index contributed by atoms with van der Waals surface area (Å²) in [6, 6.07) is 0.628. The highest BCUT2D eigenvalue weighted by molar-refractivity contribution is 7.80. The van der Waals surface area contributed by atoms with Crippen LogP contribution >= 0.6 is 12.2 Å². The largest absolute Gasteiger partial charge is 0.361 e. The molecule has 5 heteroatoms. The highest BCUT2D eigenvalue weighted by atomic mass is 32.1. The Morgan fingerprint density at radius 2 is 2.43 bits per heavy atom. The number of hydrogen-bond donors (Lipinski definition) is 2. The van der Waals surface area contributed by atoms with Gasteiger partial charge in [-0.25, -0.2) is 4.98 Å². The monoisotopic (exact) mass is 210 g/mol. The maximum absolute atomic E-state index is 5.12. The lowest BCUT2D eigenvalue weighted by molar-refractivity contribution is 0.666. The van der Waals surface area contributed by atoms with Crippen LogP contribution in [0.4, 0.5) is 0 Å². The molecule has 1 aromatic heterocycles. The molecular formula is C9H14N4S. The van der Waals surface area contributed by atoms with E-state index in [1.54, 1.807) is 12.5 Å². The van der Waals surface area contributed by atoms with E-state index >= 15 is 0 Å². The van der Waals surface area contributed by atoms with Crippen molar-refractivity contribution in [3.63, 3.8) is 0 Å². The summed E-state index contributed by atoms with van der Waals surface area (Å²) in [5.74, 6) is 0. The molecule has 0 aliphatic heterocycles. The van der Waals surface area contributed by atoms with Crippen molar-refractivity contribution in [2.24, 2.45) is 0 Å². The fraction of sp³-hybridized carbons (Fsp3) is 0.556. The highest BCUT2D eigenvalue weighted by Crippen LogP contribution is 2.18. The zero-order chi connectivity index (χ0) is 9.80. The topological polar surface area (TPSA) is 41.9 Å². The van der Waals surface area contributed by atoms with Gasteiger partial charge < -0.3 is 15.2 Å². The molecule has 0 atom stereocenters. The number of nitrogens with zero attached hydrogens (tertiary/aromatic N) is 2. The molecule has 0 bridgehead atoms. The lowest BCUT2D eigenvalue weighted by Gasteiger charge is -2.09. The zero-order valence-electron chi connectivity index (χ0n) is 7.94. The van der Waals surface area contributed by atoms with Gasteiger partial charge in [-0.3, -0.25) is 0 Å². The van der Waals surface area contributed by atoms with Gasteiger partial charge in [0.2, 0.25) is 0 Å². The number of aromatic nitrogens is 2. The van der Waals surface area contributed by atoms with E-state index in [9.17, 15) is 0 Å². The van der Waals surface area contributed by atoms with Gasteiger partial charge in [0.25, 0.3) is 0 Å². The first-order valence-electron chi connectivity index (χ1n) is 4.85. The molecule has 2 N–H and O–H groups in total. The maximum Gasteiger partial charge on any atom is 0.166 e. The van der Waals surface area contributed by atoms with Gasteiger partial charge in [-0.15, -0.1) is 0 Å². The molecule has 2 rings (SSSR count). The third kappa shape index (κ3) is 2.99. The summed E-state index contributed by atoms with van der Waals surface area (Å²) in [7, 11) is 0. The Hall–Kier alpha value is -1.10. The lowest BCUT2D eigenvalue weighted by Crippen LogP contribution is -2.37. The Bertz CT molecular complexity index is 292. The molecule has 0 saturated heterocycles. The number of imidazole rings is 1. The molecule has 14 heavy (non-hydrogen) atoms. The van der Waals surface area contributed by atoms with Crippen molar-refractivity contribution in [1.82, 2.24) is 20.2 Å². The van der Waals surface area contributed by atoms with Crippen LogP contribution in [0.3, 0.4) is 0 Å². The smallest absolute Gasteiger partial charge is 0.166 e. The number of hydrogen-bond acceptors (Lipinski definition) is 2. The minimum atomic E-state index is 0.628. The Morgan fingerprint density at radius 1 is 1.57 bits per heavy atom. The summed E-state index contributed by atoms with van der Waals surface area (Å²) in [5.41, 5.74) is 0. The molecule has 1 aliphatic carbocycles. The zero-order valence-corrected chi connectivity index (χ0v) is 8.76. The lowest BCUT2D eigenvalue weighted by atomic mass is 10.6. The third-order valence-electron chi connectivity index (χ3n) is 2.13. The van der Waals surface area contributed by atoms with Crippen LogP contribution in [0.5, 0.6) is 0 Å². The van der Waals surface area contributed by atoms with Gasteiger partial charge in [0.15, 0.2) is 5.11 Å². The van der Waals surface area contributed by atoms with Crippen molar-refractivity contribution in [3.05, 3.63) is 18.7 Å². The Kier molecular flexibility index (Phi) is 2.98. The Labute approximate surface area is 88.7 Å².